The van der Waals surface area contributed by atoms with E-state index in [-0.39, 0.29) is 5.91 Å². The van der Waals surface area contributed by atoms with Crippen molar-refractivity contribution >= 4 is 17.4 Å². The third-order valence-electron chi connectivity index (χ3n) is 3.99. The zero-order valence-corrected chi connectivity index (χ0v) is 16.3. The summed E-state index contributed by atoms with van der Waals surface area (Å²) in [6.07, 6.45) is 0.999. The van der Waals surface area contributed by atoms with Crippen molar-refractivity contribution in [3.05, 3.63) is 47.4 Å². The highest BCUT2D eigenvalue weighted by atomic mass is 16.1. The Labute approximate surface area is 156 Å². The van der Waals surface area contributed by atoms with Crippen molar-refractivity contribution in [2.24, 2.45) is 0 Å². The number of para-hydroxylation sites is 1. The minimum absolute atomic E-state index is 0.222. The van der Waals surface area contributed by atoms with Gasteiger partial charge in [-0.05, 0) is 51.5 Å². The van der Waals surface area contributed by atoms with Gasteiger partial charge in [-0.3, -0.25) is 4.79 Å². The van der Waals surface area contributed by atoms with Crippen LogP contribution in [0.25, 0.3) is 0 Å². The van der Waals surface area contributed by atoms with Crippen LogP contribution in [0.2, 0.25) is 0 Å². The third-order valence-corrected chi connectivity index (χ3v) is 3.99. The molecule has 140 valence electrons. The smallest absolute Gasteiger partial charge is 0.274 e. The van der Waals surface area contributed by atoms with Gasteiger partial charge in [0.25, 0.3) is 5.91 Å². The number of rotatable bonds is 8. The first-order valence-electron chi connectivity index (χ1n) is 9.01. The zero-order chi connectivity index (χ0) is 19.1. The second kappa shape index (κ2) is 9.29. The molecule has 2 rings (SSSR count). The minimum atomic E-state index is -0.222. The molecular formula is C20H29N5O. The van der Waals surface area contributed by atoms with Gasteiger partial charge in [0, 0.05) is 18.3 Å². The van der Waals surface area contributed by atoms with Crippen molar-refractivity contribution in [3.8, 4) is 0 Å². The van der Waals surface area contributed by atoms with Crippen LogP contribution in [0.4, 0.5) is 11.5 Å². The maximum atomic E-state index is 12.7. The number of carbonyl (C=O) groups is 1. The van der Waals surface area contributed by atoms with Crippen LogP contribution >= 0.6 is 0 Å². The number of hydrogen-bond donors (Lipinski definition) is 2. The quantitative estimate of drug-likeness (QED) is 0.709. The Balaban J connectivity index is 2.09. The fourth-order valence-corrected chi connectivity index (χ4v) is 2.69. The van der Waals surface area contributed by atoms with Crippen molar-refractivity contribution in [3.63, 3.8) is 0 Å². The highest BCUT2D eigenvalue weighted by Crippen LogP contribution is 2.24. The van der Waals surface area contributed by atoms with Crippen LogP contribution in [-0.4, -0.2) is 48.0 Å². The van der Waals surface area contributed by atoms with Crippen LogP contribution in [0.15, 0.2) is 30.3 Å². The number of carbonyl (C=O) groups excluding carboxylic acids is 1. The number of anilines is 2. The Morgan fingerprint density at radius 1 is 1.19 bits per heavy atom. The van der Waals surface area contributed by atoms with E-state index in [9.17, 15) is 4.79 Å². The van der Waals surface area contributed by atoms with E-state index in [1.54, 1.807) is 13.0 Å². The van der Waals surface area contributed by atoms with Gasteiger partial charge in [-0.1, -0.05) is 32.0 Å². The molecule has 0 fully saturated rings. The lowest BCUT2D eigenvalue weighted by Crippen LogP contribution is -2.18. The summed E-state index contributed by atoms with van der Waals surface area (Å²) < 4.78 is 0. The fourth-order valence-electron chi connectivity index (χ4n) is 2.69. The molecule has 0 spiro atoms. The first kappa shape index (κ1) is 19.8. The normalized spacial score (nSPS) is 11.0. The zero-order valence-electron chi connectivity index (χ0n) is 16.3. The molecule has 1 aromatic carbocycles. The van der Waals surface area contributed by atoms with Crippen molar-refractivity contribution in [2.75, 3.05) is 37.8 Å². The molecule has 1 amide bonds. The summed E-state index contributed by atoms with van der Waals surface area (Å²) in [5.74, 6) is 1.36. The summed E-state index contributed by atoms with van der Waals surface area (Å²) in [6, 6.07) is 9.56. The van der Waals surface area contributed by atoms with Gasteiger partial charge >= 0.3 is 0 Å². The number of benzene rings is 1. The van der Waals surface area contributed by atoms with E-state index in [4.69, 9.17) is 0 Å². The Morgan fingerprint density at radius 3 is 2.62 bits per heavy atom. The van der Waals surface area contributed by atoms with E-state index in [2.05, 4.69) is 39.3 Å². The van der Waals surface area contributed by atoms with Gasteiger partial charge in [0.15, 0.2) is 0 Å². The van der Waals surface area contributed by atoms with E-state index in [0.717, 1.165) is 30.8 Å². The van der Waals surface area contributed by atoms with Gasteiger partial charge in [-0.15, -0.1) is 0 Å². The van der Waals surface area contributed by atoms with Crippen molar-refractivity contribution < 1.29 is 4.79 Å². The first-order chi connectivity index (χ1) is 12.4. The van der Waals surface area contributed by atoms with Crippen LogP contribution in [0.5, 0.6) is 0 Å². The topological polar surface area (TPSA) is 70.2 Å². The summed E-state index contributed by atoms with van der Waals surface area (Å²) >= 11 is 0. The van der Waals surface area contributed by atoms with Crippen molar-refractivity contribution in [1.29, 1.82) is 0 Å². The van der Waals surface area contributed by atoms with Gasteiger partial charge in [-0.25, -0.2) is 9.97 Å². The molecule has 6 nitrogen and oxygen atoms in total. The van der Waals surface area contributed by atoms with Crippen molar-refractivity contribution in [2.45, 2.75) is 33.1 Å². The summed E-state index contributed by atoms with van der Waals surface area (Å²) in [6.45, 7) is 7.80. The summed E-state index contributed by atoms with van der Waals surface area (Å²) in [4.78, 5) is 23.5. The highest BCUT2D eigenvalue weighted by Gasteiger charge is 2.13. The number of nitrogens with zero attached hydrogens (tertiary/aromatic N) is 3. The van der Waals surface area contributed by atoms with Gasteiger partial charge < -0.3 is 15.5 Å². The molecule has 1 aromatic heterocycles. The monoisotopic (exact) mass is 355 g/mol. The molecule has 1 heterocycles. The Kier molecular flexibility index (Phi) is 7.09. The lowest BCUT2D eigenvalue weighted by molar-refractivity contribution is 0.102. The Hall–Kier alpha value is -2.47. The van der Waals surface area contributed by atoms with E-state index >= 15 is 0 Å². The molecule has 6 heteroatoms. The lowest BCUT2D eigenvalue weighted by atomic mass is 10.0. The van der Waals surface area contributed by atoms with E-state index in [0.29, 0.717) is 23.3 Å². The third kappa shape index (κ3) is 5.81. The standard InChI is InChI=1S/C20H29N5O/c1-14(2)16-9-6-7-10-17(16)24-20(26)18-13-19(23-15(3)22-18)21-11-8-12-25(4)5/h6-7,9-10,13-14H,8,11-12H2,1-5H3,(H,24,26)(H,21,22,23). The maximum absolute atomic E-state index is 12.7. The summed E-state index contributed by atoms with van der Waals surface area (Å²) in [5.41, 5.74) is 2.30. The number of amides is 1. The van der Waals surface area contributed by atoms with Crippen LogP contribution in [0, 0.1) is 6.92 Å². The molecule has 2 aromatic rings. The number of nitrogens with one attached hydrogen (secondary N) is 2. The minimum Gasteiger partial charge on any atom is -0.370 e. The average Bonchev–Trinajstić information content (AvgIpc) is 2.58. The SMILES string of the molecule is Cc1nc(NCCCN(C)C)cc(C(=O)Nc2ccccc2C(C)C)n1. The molecule has 0 saturated carbocycles. The number of aromatic nitrogens is 2. The number of aryl methyl sites for hydroxylation is 1. The van der Waals surface area contributed by atoms with Crippen LogP contribution in [0.3, 0.4) is 0 Å². The maximum Gasteiger partial charge on any atom is 0.274 e. The molecule has 0 bridgehead atoms. The van der Waals surface area contributed by atoms with Crippen LogP contribution in [0.1, 0.15) is 48.1 Å². The second-order valence-corrected chi connectivity index (χ2v) is 6.97. The average molecular weight is 355 g/mol. The largest absolute Gasteiger partial charge is 0.370 e. The highest BCUT2D eigenvalue weighted by molar-refractivity contribution is 6.03. The Morgan fingerprint density at radius 2 is 1.92 bits per heavy atom. The predicted octanol–water partition coefficient (Wildman–Crippen LogP) is 3.52. The van der Waals surface area contributed by atoms with E-state index < -0.39 is 0 Å². The van der Waals surface area contributed by atoms with Crippen molar-refractivity contribution in [1.82, 2.24) is 14.9 Å². The molecule has 0 unspecified atom stereocenters. The second-order valence-electron chi connectivity index (χ2n) is 6.97. The molecule has 0 atom stereocenters. The molecule has 0 aliphatic heterocycles. The molecule has 0 radical (unpaired) electrons. The molecule has 0 aliphatic carbocycles. The fraction of sp³-hybridized carbons (Fsp3) is 0.450. The predicted molar refractivity (Wildman–Crippen MR) is 107 cm³/mol. The molecule has 0 saturated heterocycles. The molecule has 0 aliphatic rings. The molecule has 26 heavy (non-hydrogen) atoms. The molecule has 2 N–H and O–H groups in total. The summed E-state index contributed by atoms with van der Waals surface area (Å²) in [5, 5.41) is 6.25. The Bertz CT molecular complexity index is 743. The van der Waals surface area contributed by atoms with Crippen LogP contribution < -0.4 is 10.6 Å². The number of hydrogen-bond acceptors (Lipinski definition) is 5. The lowest BCUT2D eigenvalue weighted by Gasteiger charge is -2.14. The summed E-state index contributed by atoms with van der Waals surface area (Å²) in [7, 11) is 4.10. The van der Waals surface area contributed by atoms with E-state index in [1.165, 1.54) is 0 Å². The van der Waals surface area contributed by atoms with Crippen LogP contribution in [-0.2, 0) is 0 Å². The van der Waals surface area contributed by atoms with E-state index in [1.807, 2.05) is 38.4 Å². The van der Waals surface area contributed by atoms with Gasteiger partial charge in [0.1, 0.15) is 17.3 Å². The van der Waals surface area contributed by atoms with Gasteiger partial charge in [0.05, 0.1) is 0 Å². The first-order valence-corrected chi connectivity index (χ1v) is 9.01. The molecular weight excluding hydrogens is 326 g/mol. The van der Waals surface area contributed by atoms with Gasteiger partial charge in [0.2, 0.25) is 0 Å². The van der Waals surface area contributed by atoms with Gasteiger partial charge in [-0.2, -0.15) is 0 Å².